The van der Waals surface area contributed by atoms with Crippen LogP contribution in [0, 0.1) is 0 Å². The number of methoxy groups -OCH3 is 1. The van der Waals surface area contributed by atoms with E-state index in [4.69, 9.17) is 4.74 Å². The van der Waals surface area contributed by atoms with Crippen molar-refractivity contribution in [2.24, 2.45) is 0 Å². The van der Waals surface area contributed by atoms with Gasteiger partial charge in [-0.15, -0.1) is 0 Å². The van der Waals surface area contributed by atoms with Gasteiger partial charge in [0.05, 0.1) is 12.1 Å². The minimum Gasteiger partial charge on any atom is -0.378 e. The molecule has 0 N–H and O–H groups in total. The predicted molar refractivity (Wildman–Crippen MR) is 91.6 cm³/mol. The van der Waals surface area contributed by atoms with E-state index >= 15 is 0 Å². The summed E-state index contributed by atoms with van der Waals surface area (Å²) in [5.74, 6) is 0.0862. The number of hydrogen-bond donors (Lipinski definition) is 0. The molecule has 1 aromatic carbocycles. The third kappa shape index (κ3) is 3.59. The van der Waals surface area contributed by atoms with Gasteiger partial charge >= 0.3 is 0 Å². The van der Waals surface area contributed by atoms with Gasteiger partial charge in [0.1, 0.15) is 0 Å². The van der Waals surface area contributed by atoms with Crippen molar-refractivity contribution in [1.29, 1.82) is 0 Å². The fourth-order valence-corrected chi connectivity index (χ4v) is 4.07. The van der Waals surface area contributed by atoms with Crippen LogP contribution < -0.4 is 0 Å². The molecule has 2 fully saturated rings. The number of carbonyl (C=O) groups is 1. The Hall–Kier alpha value is -1.39. The Morgan fingerprint density at radius 2 is 1.83 bits per heavy atom. The minimum atomic E-state index is 0.0862. The molecular formula is C19H28N2O2. The quantitative estimate of drug-likeness (QED) is 0.856. The average Bonchev–Trinajstić information content (AvgIpc) is 3.06. The first kappa shape index (κ1) is 16.5. The van der Waals surface area contributed by atoms with Crippen LogP contribution in [0.15, 0.2) is 30.3 Å². The molecule has 23 heavy (non-hydrogen) atoms. The van der Waals surface area contributed by atoms with Crippen LogP contribution in [0.4, 0.5) is 0 Å². The molecule has 0 aromatic heterocycles. The van der Waals surface area contributed by atoms with Crippen molar-refractivity contribution in [1.82, 2.24) is 9.80 Å². The molecular weight excluding hydrogens is 288 g/mol. The number of carbonyl (C=O) groups excluding carboxylic acids is 1. The van der Waals surface area contributed by atoms with Crippen LogP contribution in [-0.4, -0.2) is 61.1 Å². The van der Waals surface area contributed by atoms with Gasteiger partial charge in [-0.3, -0.25) is 9.69 Å². The molecule has 0 radical (unpaired) electrons. The maximum absolute atomic E-state index is 12.7. The van der Waals surface area contributed by atoms with Crippen molar-refractivity contribution >= 4 is 5.91 Å². The molecule has 1 saturated heterocycles. The number of benzene rings is 1. The summed E-state index contributed by atoms with van der Waals surface area (Å²) in [5.41, 5.74) is 0.751. The van der Waals surface area contributed by atoms with Crippen molar-refractivity contribution in [2.45, 2.75) is 50.3 Å². The Balaban J connectivity index is 1.69. The van der Waals surface area contributed by atoms with E-state index in [1.807, 2.05) is 42.3 Å². The van der Waals surface area contributed by atoms with Crippen LogP contribution in [0.1, 0.15) is 42.5 Å². The molecule has 1 aromatic rings. The van der Waals surface area contributed by atoms with Crippen LogP contribution >= 0.6 is 0 Å². The van der Waals surface area contributed by atoms with Crippen LogP contribution in [0.2, 0.25) is 0 Å². The highest BCUT2D eigenvalue weighted by Crippen LogP contribution is 2.28. The van der Waals surface area contributed by atoms with Crippen molar-refractivity contribution < 1.29 is 9.53 Å². The predicted octanol–water partition coefficient (Wildman–Crippen LogP) is 2.79. The zero-order valence-corrected chi connectivity index (χ0v) is 14.3. The first-order chi connectivity index (χ1) is 11.2. The lowest BCUT2D eigenvalue weighted by atomic mass is 9.94. The fraction of sp³-hybridized carbons (Fsp3) is 0.632. The van der Waals surface area contributed by atoms with Gasteiger partial charge in [0, 0.05) is 38.9 Å². The standard InChI is InChI=1S/C19H28N2O2/c1-20(19(22)15-9-5-3-6-10-15)17-13-21(14-18(17)23-2)16-11-7-4-8-12-16/h3,5-6,9-10,16-18H,4,7-8,11-14H2,1-2H3/t17-,18-/m1/s1. The van der Waals surface area contributed by atoms with E-state index in [2.05, 4.69) is 4.90 Å². The first-order valence-corrected chi connectivity index (χ1v) is 8.79. The number of amides is 1. The van der Waals surface area contributed by atoms with Gasteiger partial charge < -0.3 is 9.64 Å². The molecule has 1 amide bonds. The molecule has 0 spiro atoms. The van der Waals surface area contributed by atoms with Gasteiger partial charge in [-0.05, 0) is 25.0 Å². The summed E-state index contributed by atoms with van der Waals surface area (Å²) in [6.07, 6.45) is 6.73. The SMILES string of the molecule is CO[C@@H]1CN(C2CCCCC2)C[C@H]1N(C)C(=O)c1ccccc1. The summed E-state index contributed by atoms with van der Waals surface area (Å²) in [7, 11) is 3.68. The lowest BCUT2D eigenvalue weighted by molar-refractivity contribution is 0.0412. The van der Waals surface area contributed by atoms with E-state index in [9.17, 15) is 4.79 Å². The summed E-state index contributed by atoms with van der Waals surface area (Å²) < 4.78 is 5.72. The zero-order valence-electron chi connectivity index (χ0n) is 14.3. The Kier molecular flexibility index (Phi) is 5.34. The highest BCUT2D eigenvalue weighted by atomic mass is 16.5. The van der Waals surface area contributed by atoms with Gasteiger partial charge in [-0.25, -0.2) is 0 Å². The Morgan fingerprint density at radius 1 is 1.13 bits per heavy atom. The Morgan fingerprint density at radius 3 is 2.48 bits per heavy atom. The van der Waals surface area contributed by atoms with E-state index in [-0.39, 0.29) is 18.1 Å². The smallest absolute Gasteiger partial charge is 0.253 e. The molecule has 0 bridgehead atoms. The van der Waals surface area contributed by atoms with E-state index in [0.29, 0.717) is 6.04 Å². The summed E-state index contributed by atoms with van der Waals surface area (Å²) >= 11 is 0. The number of ether oxygens (including phenoxy) is 1. The summed E-state index contributed by atoms with van der Waals surface area (Å²) in [4.78, 5) is 17.2. The molecule has 2 atom stereocenters. The highest BCUT2D eigenvalue weighted by Gasteiger charge is 2.40. The molecule has 4 nitrogen and oxygen atoms in total. The Bertz CT molecular complexity index is 513. The lowest BCUT2D eigenvalue weighted by Gasteiger charge is -2.31. The molecule has 1 aliphatic carbocycles. The first-order valence-electron chi connectivity index (χ1n) is 8.79. The second-order valence-electron chi connectivity index (χ2n) is 6.87. The van der Waals surface area contributed by atoms with E-state index < -0.39 is 0 Å². The number of likely N-dealkylation sites (tertiary alicyclic amines) is 1. The van der Waals surface area contributed by atoms with Crippen molar-refractivity contribution in [2.75, 3.05) is 27.2 Å². The topological polar surface area (TPSA) is 32.8 Å². The molecule has 2 aliphatic rings. The molecule has 3 rings (SSSR count). The highest BCUT2D eigenvalue weighted by molar-refractivity contribution is 5.94. The molecule has 1 heterocycles. The van der Waals surface area contributed by atoms with Crippen molar-refractivity contribution in [3.8, 4) is 0 Å². The second-order valence-corrected chi connectivity index (χ2v) is 6.87. The zero-order chi connectivity index (χ0) is 16.2. The monoisotopic (exact) mass is 316 g/mol. The molecule has 0 unspecified atom stereocenters. The van der Waals surface area contributed by atoms with Crippen LogP contribution in [0.3, 0.4) is 0 Å². The fourth-order valence-electron chi connectivity index (χ4n) is 4.07. The van der Waals surface area contributed by atoms with Gasteiger partial charge in [-0.1, -0.05) is 37.5 Å². The number of hydrogen-bond acceptors (Lipinski definition) is 3. The second kappa shape index (κ2) is 7.45. The van der Waals surface area contributed by atoms with Gasteiger partial charge in [0.2, 0.25) is 0 Å². The van der Waals surface area contributed by atoms with E-state index in [1.54, 1.807) is 7.11 Å². The Labute approximate surface area is 139 Å². The molecule has 1 saturated carbocycles. The maximum Gasteiger partial charge on any atom is 0.253 e. The van der Waals surface area contributed by atoms with E-state index in [1.165, 1.54) is 32.1 Å². The molecule has 4 heteroatoms. The van der Waals surface area contributed by atoms with Crippen LogP contribution in [0.25, 0.3) is 0 Å². The summed E-state index contributed by atoms with van der Waals surface area (Å²) in [5, 5.41) is 0. The summed E-state index contributed by atoms with van der Waals surface area (Å²) in [6, 6.07) is 10.3. The van der Waals surface area contributed by atoms with Crippen molar-refractivity contribution in [3.05, 3.63) is 35.9 Å². The number of rotatable bonds is 4. The largest absolute Gasteiger partial charge is 0.378 e. The maximum atomic E-state index is 12.7. The van der Waals surface area contributed by atoms with Crippen molar-refractivity contribution in [3.63, 3.8) is 0 Å². The lowest BCUT2D eigenvalue weighted by Crippen LogP contribution is -2.45. The number of likely N-dealkylation sites (N-methyl/N-ethyl adjacent to an activating group) is 1. The van der Waals surface area contributed by atoms with Gasteiger partial charge in [0.15, 0.2) is 0 Å². The minimum absolute atomic E-state index is 0.0862. The van der Waals surface area contributed by atoms with Gasteiger partial charge in [-0.2, -0.15) is 0 Å². The summed E-state index contributed by atoms with van der Waals surface area (Å²) in [6.45, 7) is 1.87. The van der Waals surface area contributed by atoms with Gasteiger partial charge in [0.25, 0.3) is 5.91 Å². The van der Waals surface area contributed by atoms with E-state index in [0.717, 1.165) is 18.7 Å². The third-order valence-corrected chi connectivity index (χ3v) is 5.50. The average molecular weight is 316 g/mol. The van der Waals surface area contributed by atoms with Crippen LogP contribution in [0.5, 0.6) is 0 Å². The third-order valence-electron chi connectivity index (χ3n) is 5.50. The number of nitrogens with zero attached hydrogens (tertiary/aromatic N) is 2. The normalized spacial score (nSPS) is 26.3. The molecule has 1 aliphatic heterocycles. The van der Waals surface area contributed by atoms with Crippen LogP contribution in [-0.2, 0) is 4.74 Å². The molecule has 126 valence electrons.